The minimum atomic E-state index is 0.317. The molecule has 0 heterocycles. The van der Waals surface area contributed by atoms with Crippen molar-refractivity contribution in [1.29, 1.82) is 0 Å². The molecule has 0 bridgehead atoms. The monoisotopic (exact) mass is 174 g/mol. The summed E-state index contributed by atoms with van der Waals surface area (Å²) in [5.41, 5.74) is 5.87. The molecule has 0 rings (SSSR count). The van der Waals surface area contributed by atoms with E-state index >= 15 is 0 Å². The highest BCUT2D eigenvalue weighted by Crippen LogP contribution is 1.95. The van der Waals surface area contributed by atoms with Gasteiger partial charge >= 0.3 is 0 Å². The zero-order valence-electron chi connectivity index (χ0n) is 8.55. The Hall–Kier alpha value is -0.120. The molecule has 0 fully saturated rings. The predicted octanol–water partition coefficient (Wildman–Crippen LogP) is 0.692. The van der Waals surface area contributed by atoms with Crippen LogP contribution in [0.5, 0.6) is 0 Å². The first kappa shape index (κ1) is 11.9. The lowest BCUT2D eigenvalue weighted by Crippen LogP contribution is -2.36. The van der Waals surface area contributed by atoms with E-state index in [0.29, 0.717) is 6.04 Å². The average Bonchev–Trinajstić information content (AvgIpc) is 2.01. The summed E-state index contributed by atoms with van der Waals surface area (Å²) in [5, 5.41) is 0. The number of hydrogen-bond donors (Lipinski definition) is 1. The molecule has 74 valence electrons. The summed E-state index contributed by atoms with van der Waals surface area (Å²) >= 11 is 0. The van der Waals surface area contributed by atoms with Crippen LogP contribution in [0.2, 0.25) is 0 Å². The van der Waals surface area contributed by atoms with E-state index in [4.69, 9.17) is 10.5 Å². The van der Waals surface area contributed by atoms with Crippen LogP contribution in [-0.2, 0) is 4.74 Å². The first-order valence-electron chi connectivity index (χ1n) is 4.63. The molecule has 0 aliphatic rings. The van der Waals surface area contributed by atoms with Crippen molar-refractivity contribution in [3.63, 3.8) is 0 Å². The average molecular weight is 174 g/mol. The molecule has 0 aliphatic heterocycles. The lowest BCUT2D eigenvalue weighted by Gasteiger charge is -2.20. The fourth-order valence-electron chi connectivity index (χ4n) is 1.20. The van der Waals surface area contributed by atoms with Gasteiger partial charge in [-0.05, 0) is 13.5 Å². The third-order valence-corrected chi connectivity index (χ3v) is 1.88. The number of hydrogen-bond acceptors (Lipinski definition) is 3. The molecule has 0 aromatic rings. The summed E-state index contributed by atoms with van der Waals surface area (Å²) in [6.45, 7) is 4.88. The third-order valence-electron chi connectivity index (χ3n) is 1.88. The second-order valence-corrected chi connectivity index (χ2v) is 3.30. The van der Waals surface area contributed by atoms with E-state index in [1.165, 1.54) is 6.42 Å². The number of methoxy groups -OCH3 is 1. The van der Waals surface area contributed by atoms with Gasteiger partial charge in [-0.1, -0.05) is 13.3 Å². The molecule has 0 amide bonds. The number of likely N-dealkylation sites (N-methyl/N-ethyl adjacent to an activating group) is 1. The lowest BCUT2D eigenvalue weighted by atomic mass is 10.2. The van der Waals surface area contributed by atoms with E-state index in [2.05, 4.69) is 18.9 Å². The molecule has 0 aliphatic carbocycles. The maximum atomic E-state index is 5.87. The van der Waals surface area contributed by atoms with E-state index in [1.54, 1.807) is 7.11 Å². The molecule has 0 saturated heterocycles. The highest BCUT2D eigenvalue weighted by molar-refractivity contribution is 4.64. The highest BCUT2D eigenvalue weighted by atomic mass is 16.5. The number of ether oxygens (including phenoxy) is 1. The van der Waals surface area contributed by atoms with Crippen molar-refractivity contribution in [2.45, 2.75) is 25.8 Å². The van der Waals surface area contributed by atoms with Gasteiger partial charge in [-0.15, -0.1) is 0 Å². The molecular formula is C9H22N2O. The van der Waals surface area contributed by atoms with Crippen molar-refractivity contribution >= 4 is 0 Å². The van der Waals surface area contributed by atoms with Crippen molar-refractivity contribution < 1.29 is 4.74 Å². The normalized spacial score (nSPS) is 13.8. The van der Waals surface area contributed by atoms with Crippen molar-refractivity contribution in [2.24, 2.45) is 5.73 Å². The highest BCUT2D eigenvalue weighted by Gasteiger charge is 2.04. The number of rotatable bonds is 7. The van der Waals surface area contributed by atoms with Gasteiger partial charge in [0.2, 0.25) is 0 Å². The van der Waals surface area contributed by atoms with Crippen LogP contribution >= 0.6 is 0 Å². The Bertz CT molecular complexity index is 98.5. The molecule has 0 saturated carbocycles. The Labute approximate surface area is 75.9 Å². The smallest absolute Gasteiger partial charge is 0.0589 e. The SMILES string of the molecule is CCCC(N)CN(C)CCOC. The van der Waals surface area contributed by atoms with Gasteiger partial charge in [-0.3, -0.25) is 0 Å². The number of nitrogens with zero attached hydrogens (tertiary/aromatic N) is 1. The van der Waals surface area contributed by atoms with Crippen LogP contribution in [0.4, 0.5) is 0 Å². The topological polar surface area (TPSA) is 38.5 Å². The molecule has 0 aromatic carbocycles. The van der Waals surface area contributed by atoms with Gasteiger partial charge in [-0.2, -0.15) is 0 Å². The van der Waals surface area contributed by atoms with Gasteiger partial charge in [0.05, 0.1) is 6.61 Å². The van der Waals surface area contributed by atoms with Crippen molar-refractivity contribution in [2.75, 3.05) is 33.9 Å². The van der Waals surface area contributed by atoms with E-state index in [1.807, 2.05) is 0 Å². The van der Waals surface area contributed by atoms with Crippen LogP contribution in [0.25, 0.3) is 0 Å². The predicted molar refractivity (Wildman–Crippen MR) is 52.3 cm³/mol. The maximum absolute atomic E-state index is 5.87. The quantitative estimate of drug-likeness (QED) is 0.617. The van der Waals surface area contributed by atoms with Gasteiger partial charge in [0.1, 0.15) is 0 Å². The van der Waals surface area contributed by atoms with Crippen LogP contribution in [-0.4, -0.2) is 44.8 Å². The first-order valence-corrected chi connectivity index (χ1v) is 4.63. The Morgan fingerprint density at radius 2 is 2.17 bits per heavy atom. The first-order chi connectivity index (χ1) is 5.70. The summed E-state index contributed by atoms with van der Waals surface area (Å²) < 4.78 is 4.97. The fourth-order valence-corrected chi connectivity index (χ4v) is 1.20. The summed E-state index contributed by atoms with van der Waals surface area (Å²) in [6.07, 6.45) is 2.27. The van der Waals surface area contributed by atoms with Crippen LogP contribution in [0.3, 0.4) is 0 Å². The van der Waals surface area contributed by atoms with Gasteiger partial charge in [-0.25, -0.2) is 0 Å². The summed E-state index contributed by atoms with van der Waals surface area (Å²) in [7, 11) is 3.80. The molecule has 3 nitrogen and oxygen atoms in total. The number of nitrogens with two attached hydrogens (primary N) is 1. The molecule has 0 radical (unpaired) electrons. The van der Waals surface area contributed by atoms with Crippen LogP contribution in [0.1, 0.15) is 19.8 Å². The summed E-state index contributed by atoms with van der Waals surface area (Å²) in [4.78, 5) is 2.21. The van der Waals surface area contributed by atoms with E-state index in [0.717, 1.165) is 26.1 Å². The molecular weight excluding hydrogens is 152 g/mol. The van der Waals surface area contributed by atoms with E-state index in [-0.39, 0.29) is 0 Å². The minimum Gasteiger partial charge on any atom is -0.383 e. The minimum absolute atomic E-state index is 0.317. The van der Waals surface area contributed by atoms with Crippen molar-refractivity contribution in [1.82, 2.24) is 4.90 Å². The molecule has 1 unspecified atom stereocenters. The van der Waals surface area contributed by atoms with Crippen LogP contribution in [0, 0.1) is 0 Å². The molecule has 0 aromatic heterocycles. The van der Waals surface area contributed by atoms with Crippen molar-refractivity contribution in [3.8, 4) is 0 Å². The maximum Gasteiger partial charge on any atom is 0.0589 e. The Morgan fingerprint density at radius 1 is 1.50 bits per heavy atom. The molecule has 2 N–H and O–H groups in total. The van der Waals surface area contributed by atoms with Gasteiger partial charge in [0.25, 0.3) is 0 Å². The Kier molecular flexibility index (Phi) is 7.45. The largest absolute Gasteiger partial charge is 0.383 e. The van der Waals surface area contributed by atoms with E-state index in [9.17, 15) is 0 Å². The van der Waals surface area contributed by atoms with Crippen LogP contribution in [0.15, 0.2) is 0 Å². The zero-order valence-corrected chi connectivity index (χ0v) is 8.55. The fraction of sp³-hybridized carbons (Fsp3) is 1.00. The van der Waals surface area contributed by atoms with E-state index < -0.39 is 0 Å². The van der Waals surface area contributed by atoms with Gasteiger partial charge < -0.3 is 15.4 Å². The zero-order chi connectivity index (χ0) is 9.40. The summed E-state index contributed by atoms with van der Waals surface area (Å²) in [6, 6.07) is 0.317. The molecule has 12 heavy (non-hydrogen) atoms. The summed E-state index contributed by atoms with van der Waals surface area (Å²) in [5.74, 6) is 0. The molecule has 3 heteroatoms. The van der Waals surface area contributed by atoms with Crippen molar-refractivity contribution in [3.05, 3.63) is 0 Å². The lowest BCUT2D eigenvalue weighted by molar-refractivity contribution is 0.157. The molecule has 1 atom stereocenters. The second-order valence-electron chi connectivity index (χ2n) is 3.30. The van der Waals surface area contributed by atoms with Gasteiger partial charge in [0.15, 0.2) is 0 Å². The third kappa shape index (κ3) is 6.58. The van der Waals surface area contributed by atoms with Crippen LogP contribution < -0.4 is 5.73 Å². The molecule has 0 spiro atoms. The standard InChI is InChI=1S/C9H22N2O/c1-4-5-9(10)8-11(2)6-7-12-3/h9H,4-8,10H2,1-3H3. The van der Waals surface area contributed by atoms with Gasteiger partial charge in [0, 0.05) is 26.2 Å². The Morgan fingerprint density at radius 3 is 2.67 bits per heavy atom. The Balaban J connectivity index is 3.33. The second kappa shape index (κ2) is 7.53.